The van der Waals surface area contributed by atoms with E-state index >= 15 is 0 Å². The van der Waals surface area contributed by atoms with E-state index in [4.69, 9.17) is 46.9 Å². The lowest BCUT2D eigenvalue weighted by Gasteiger charge is -2.40. The van der Waals surface area contributed by atoms with Gasteiger partial charge in [-0.25, -0.2) is 19.2 Å². The Labute approximate surface area is 409 Å². The second-order valence-corrected chi connectivity index (χ2v) is 21.4. The van der Waals surface area contributed by atoms with Crippen LogP contribution in [0.25, 0.3) is 0 Å². The van der Waals surface area contributed by atoms with Gasteiger partial charge in [0.25, 0.3) is 0 Å². The highest BCUT2D eigenvalue weighted by Crippen LogP contribution is 2.37. The third-order valence-corrected chi connectivity index (χ3v) is 13.3. The number of benzene rings is 2. The summed E-state index contributed by atoms with van der Waals surface area (Å²) in [6, 6.07) is 6.95. The van der Waals surface area contributed by atoms with Crippen LogP contribution >= 0.6 is 55.1 Å². The average Bonchev–Trinajstić information content (AvgIpc) is 3.90. The molecule has 2 unspecified atom stereocenters. The minimum absolute atomic E-state index is 0.248. The minimum atomic E-state index is -0.999. The molecule has 16 nitrogen and oxygen atoms in total. The van der Waals surface area contributed by atoms with Crippen molar-refractivity contribution in [2.45, 2.75) is 90.6 Å². The Kier molecular flexibility index (Phi) is 19.0. The van der Waals surface area contributed by atoms with Crippen molar-refractivity contribution < 1.29 is 48.0 Å². The van der Waals surface area contributed by atoms with Crippen LogP contribution in [0, 0.1) is 11.8 Å². The number of carbonyl (C=O) groups is 4. The summed E-state index contributed by atoms with van der Waals surface area (Å²) in [5.41, 5.74) is 0.290. The number of amides is 2. The SMILES string of the molecule is CC(C)(C)OC(=O)N1CC(CNc2cc(Cl)c(Br)cc2OC(CN2CCCC2)C(=O)O)C1.COC(=O)C(CN1CCCC1)Oc1cc(Br)c(Cl)cc1NCC1CN(C(=O)OC(C)(C)C)C1. The molecule has 3 N–H and O–H groups in total. The zero-order valence-electron chi connectivity index (χ0n) is 38.4. The van der Waals surface area contributed by atoms with Crippen LogP contribution < -0.4 is 20.1 Å². The van der Waals surface area contributed by atoms with E-state index in [0.717, 1.165) is 51.9 Å². The molecule has 65 heavy (non-hydrogen) atoms. The zero-order chi connectivity index (χ0) is 47.6. The normalized spacial score (nSPS) is 18.1. The minimum Gasteiger partial charge on any atom is -0.478 e. The van der Waals surface area contributed by atoms with Crippen molar-refractivity contribution in [2.75, 3.05) is 96.3 Å². The number of ether oxygens (including phenoxy) is 5. The average molecular weight is 1080 g/mol. The maximum atomic E-state index is 12.4. The van der Waals surface area contributed by atoms with E-state index in [-0.39, 0.29) is 24.0 Å². The molecular formula is C45H64Br2Cl2N6O10. The first-order valence-corrected chi connectivity index (χ1v) is 24.4. The van der Waals surface area contributed by atoms with Gasteiger partial charge in [0.1, 0.15) is 22.7 Å². The summed E-state index contributed by atoms with van der Waals surface area (Å²) in [4.78, 5) is 56.1. The molecule has 20 heteroatoms. The van der Waals surface area contributed by atoms with E-state index in [1.807, 2.05) is 41.5 Å². The largest absolute Gasteiger partial charge is 0.478 e. The Hall–Kier alpha value is -3.42. The second kappa shape index (κ2) is 23.5. The van der Waals surface area contributed by atoms with Crippen molar-refractivity contribution in [1.29, 1.82) is 0 Å². The number of nitrogens with zero attached hydrogens (tertiary/aromatic N) is 4. The number of hydrogen-bond acceptors (Lipinski definition) is 13. The van der Waals surface area contributed by atoms with Crippen molar-refractivity contribution >= 4 is 90.6 Å². The third kappa shape index (κ3) is 16.4. The number of halogens is 4. The van der Waals surface area contributed by atoms with E-state index in [1.54, 1.807) is 34.1 Å². The van der Waals surface area contributed by atoms with E-state index in [1.165, 1.54) is 7.11 Å². The molecule has 4 aliphatic heterocycles. The third-order valence-electron chi connectivity index (χ3n) is 10.9. The monoisotopic (exact) mass is 1080 g/mol. The smallest absolute Gasteiger partial charge is 0.410 e. The maximum absolute atomic E-state index is 12.4. The van der Waals surface area contributed by atoms with Gasteiger partial charge < -0.3 is 49.2 Å². The number of carboxylic acid groups (broad SMARTS) is 1. The first-order valence-electron chi connectivity index (χ1n) is 22.1. The van der Waals surface area contributed by atoms with E-state index in [9.17, 15) is 24.3 Å². The number of carboxylic acids is 1. The zero-order valence-corrected chi connectivity index (χ0v) is 43.0. The molecular weight excluding hydrogens is 1020 g/mol. The van der Waals surface area contributed by atoms with Crippen LogP contribution in [0.15, 0.2) is 33.2 Å². The summed E-state index contributed by atoms with van der Waals surface area (Å²) in [5.74, 6) is 0.0543. The van der Waals surface area contributed by atoms with Crippen molar-refractivity contribution in [2.24, 2.45) is 11.8 Å². The number of rotatable bonds is 16. The van der Waals surface area contributed by atoms with Gasteiger partial charge in [0.05, 0.1) is 28.5 Å². The quantitative estimate of drug-likeness (QED) is 0.108. The predicted molar refractivity (Wildman–Crippen MR) is 258 cm³/mol. The number of hydrogen-bond donors (Lipinski definition) is 3. The molecule has 2 aromatic carbocycles. The highest BCUT2D eigenvalue weighted by molar-refractivity contribution is 9.10. The topological polar surface area (TPSA) is 172 Å². The standard InChI is InChI=1S/C23H33BrClN3O5.C22H31BrClN3O5/c1-23(2,3)33-22(30)28-12-15(13-28)11-26-18-10-17(25)16(24)9-19(18)32-20(21(29)31-4)14-27-7-5-6-8-27;1-22(2,3)32-21(30)27-11-14(12-27)10-25-17-9-16(24)15(23)8-18(17)31-19(20(28)29)13-26-6-4-5-7-26/h9-10,15,20,26H,5-8,11-14H2,1-4H3;8-9,14,19,25H,4-7,10-13H2,1-3H3,(H,28,29). The molecule has 2 atom stereocenters. The van der Waals surface area contributed by atoms with Gasteiger partial charge in [-0.2, -0.15) is 0 Å². The number of anilines is 2. The van der Waals surface area contributed by atoms with E-state index in [2.05, 4.69) is 52.3 Å². The first kappa shape index (κ1) is 52.5. The van der Waals surface area contributed by atoms with Crippen LogP contribution in [0.3, 0.4) is 0 Å². The first-order chi connectivity index (χ1) is 30.6. The van der Waals surface area contributed by atoms with E-state index in [0.29, 0.717) is 94.2 Å². The molecule has 4 saturated heterocycles. The van der Waals surface area contributed by atoms with Gasteiger partial charge in [-0.05, 0) is 150 Å². The Bertz CT molecular complexity index is 1960. The van der Waals surface area contributed by atoms with Crippen LogP contribution in [0.1, 0.15) is 67.2 Å². The summed E-state index contributed by atoms with van der Waals surface area (Å²) in [7, 11) is 1.37. The Morgan fingerprint density at radius 2 is 1.05 bits per heavy atom. The lowest BCUT2D eigenvalue weighted by atomic mass is 10.0. The Balaban J connectivity index is 0.000000244. The van der Waals surface area contributed by atoms with Gasteiger partial charge in [-0.1, -0.05) is 23.2 Å². The highest BCUT2D eigenvalue weighted by atomic mass is 79.9. The van der Waals surface area contributed by atoms with Gasteiger partial charge >= 0.3 is 24.1 Å². The van der Waals surface area contributed by atoms with Crippen molar-refractivity contribution in [3.8, 4) is 11.5 Å². The van der Waals surface area contributed by atoms with Gasteiger partial charge in [-0.3, -0.25) is 9.80 Å². The van der Waals surface area contributed by atoms with Crippen LogP contribution in [0.2, 0.25) is 10.0 Å². The number of methoxy groups -OCH3 is 1. The Morgan fingerprint density at radius 1 is 0.677 bits per heavy atom. The van der Waals surface area contributed by atoms with Gasteiger partial charge in [0, 0.05) is 73.1 Å². The molecule has 0 radical (unpaired) electrons. The van der Waals surface area contributed by atoms with Crippen LogP contribution in [-0.2, 0) is 23.8 Å². The Morgan fingerprint density at radius 3 is 1.40 bits per heavy atom. The molecule has 362 valence electrons. The summed E-state index contributed by atoms with van der Waals surface area (Å²) < 4.78 is 29.2. The second-order valence-electron chi connectivity index (χ2n) is 18.9. The molecule has 0 saturated carbocycles. The fraction of sp³-hybridized carbons (Fsp3) is 0.644. The fourth-order valence-corrected chi connectivity index (χ4v) is 8.52. The van der Waals surface area contributed by atoms with Crippen molar-refractivity contribution in [3.63, 3.8) is 0 Å². The summed E-state index contributed by atoms with van der Waals surface area (Å²) in [5, 5.41) is 17.4. The van der Waals surface area contributed by atoms with Gasteiger partial charge in [-0.15, -0.1) is 0 Å². The molecule has 0 spiro atoms. The van der Waals surface area contributed by atoms with E-state index < -0.39 is 35.3 Å². The molecule has 4 fully saturated rings. The maximum Gasteiger partial charge on any atom is 0.410 e. The number of nitrogens with one attached hydrogen (secondary N) is 2. The van der Waals surface area contributed by atoms with Gasteiger partial charge in [0.15, 0.2) is 0 Å². The number of aliphatic carboxylic acids is 1. The molecule has 4 aliphatic rings. The molecule has 2 amide bonds. The fourth-order valence-electron chi connectivity index (χ4n) is 7.55. The highest BCUT2D eigenvalue weighted by Gasteiger charge is 2.36. The number of likely N-dealkylation sites (tertiary alicyclic amines) is 4. The van der Waals surface area contributed by atoms with Crippen LogP contribution in [-0.4, -0.2) is 158 Å². The van der Waals surface area contributed by atoms with Crippen molar-refractivity contribution in [1.82, 2.24) is 19.6 Å². The molecule has 0 bridgehead atoms. The lowest BCUT2D eigenvalue weighted by Crippen LogP contribution is -2.53. The van der Waals surface area contributed by atoms with Crippen LogP contribution in [0.5, 0.6) is 11.5 Å². The summed E-state index contributed by atoms with van der Waals surface area (Å²) in [6.45, 7) is 19.2. The van der Waals surface area contributed by atoms with Gasteiger partial charge in [0.2, 0.25) is 12.2 Å². The summed E-state index contributed by atoms with van der Waals surface area (Å²) >= 11 is 19.4. The summed E-state index contributed by atoms with van der Waals surface area (Å²) in [6.07, 6.45) is 2.07. The molecule has 4 heterocycles. The number of esters is 1. The molecule has 2 aromatic rings. The lowest BCUT2D eigenvalue weighted by molar-refractivity contribution is -0.149. The van der Waals surface area contributed by atoms with Crippen LogP contribution in [0.4, 0.5) is 21.0 Å². The number of carbonyl (C=O) groups excluding carboxylic acids is 3. The van der Waals surface area contributed by atoms with Crippen molar-refractivity contribution in [3.05, 3.63) is 43.3 Å². The molecule has 0 aromatic heterocycles. The predicted octanol–water partition coefficient (Wildman–Crippen LogP) is 8.71. The molecule has 6 rings (SSSR count). The molecule has 0 aliphatic carbocycles.